The zero-order valence-electron chi connectivity index (χ0n) is 29.9. The normalized spacial score (nSPS) is 17.2. The number of hydrogen-bond donors (Lipinski definition) is 2. The molecule has 2 aliphatic heterocycles. The van der Waals surface area contributed by atoms with Crippen molar-refractivity contribution in [2.45, 2.75) is 58.7 Å². The van der Waals surface area contributed by atoms with Crippen molar-refractivity contribution in [1.29, 1.82) is 0 Å². The Morgan fingerprint density at radius 3 is 2.19 bits per heavy atom. The van der Waals surface area contributed by atoms with E-state index in [2.05, 4.69) is 111 Å². The van der Waals surface area contributed by atoms with Crippen LogP contribution in [-0.4, -0.2) is 77.6 Å². The number of ether oxygens (including phenoxy) is 1. The van der Waals surface area contributed by atoms with Crippen LogP contribution < -0.4 is 15.0 Å². The Hall–Kier alpha value is -5.66. The van der Waals surface area contributed by atoms with Crippen molar-refractivity contribution >= 4 is 11.4 Å². The second-order valence-corrected chi connectivity index (χ2v) is 13.0. The summed E-state index contributed by atoms with van der Waals surface area (Å²) in [7, 11) is 0. The molecule has 4 heterocycles. The van der Waals surface area contributed by atoms with Gasteiger partial charge in [0.05, 0.1) is 37.6 Å². The topological polar surface area (TPSA) is 113 Å². The van der Waals surface area contributed by atoms with Crippen LogP contribution in [0.4, 0.5) is 11.4 Å². The lowest BCUT2D eigenvalue weighted by Gasteiger charge is -2.45. The minimum atomic E-state index is -0.909. The Labute approximate surface area is 305 Å². The maximum atomic E-state index is 12.2. The Morgan fingerprint density at radius 1 is 0.846 bits per heavy atom. The predicted octanol–water partition coefficient (Wildman–Crippen LogP) is 4.82. The standard InChI is InChI=1S/C40H44N10O2/c1-6-19-46(20-7-2)25-30-26-48(44-42-30)21-22-49-27-31(43-45-49)28-50-39(51)33-13-11-12-14-34(33)40(50)35-17-15-29(41-8-3)23-37(35)52-38-24-32(16-18-36(38)40)47(9-4)10-5/h1-2,11-18,23-24,26-27,39,41,51H,8-10,19-22,25,28H2,3-5H3. The molecule has 0 saturated carbocycles. The zero-order valence-corrected chi connectivity index (χ0v) is 29.9. The fourth-order valence-electron chi connectivity index (χ4n) is 7.60. The van der Waals surface area contributed by atoms with Crippen LogP contribution in [0.15, 0.2) is 73.1 Å². The van der Waals surface area contributed by atoms with Crippen LogP contribution in [0.1, 0.15) is 60.6 Å². The molecule has 3 aromatic carbocycles. The van der Waals surface area contributed by atoms with E-state index >= 15 is 0 Å². The van der Waals surface area contributed by atoms with Crippen LogP contribution in [0.5, 0.6) is 11.5 Å². The highest BCUT2D eigenvalue weighted by Gasteiger charge is 2.56. The second-order valence-electron chi connectivity index (χ2n) is 13.0. The Bertz CT molecular complexity index is 2110. The summed E-state index contributed by atoms with van der Waals surface area (Å²) in [5.41, 5.74) is 6.49. The van der Waals surface area contributed by atoms with E-state index in [1.165, 1.54) is 0 Å². The smallest absolute Gasteiger partial charge is 0.135 e. The number of hydrogen-bond acceptors (Lipinski definition) is 10. The summed E-state index contributed by atoms with van der Waals surface area (Å²) < 4.78 is 10.3. The van der Waals surface area contributed by atoms with E-state index in [1.54, 1.807) is 9.36 Å². The number of terminal acetylenes is 2. The molecule has 52 heavy (non-hydrogen) atoms. The highest BCUT2D eigenvalue weighted by atomic mass is 16.5. The van der Waals surface area contributed by atoms with Gasteiger partial charge in [0.15, 0.2) is 0 Å². The molecule has 0 bridgehead atoms. The summed E-state index contributed by atoms with van der Waals surface area (Å²) in [6.07, 6.45) is 13.9. The van der Waals surface area contributed by atoms with Crippen LogP contribution in [0.2, 0.25) is 0 Å². The lowest BCUT2D eigenvalue weighted by atomic mass is 9.74. The first kappa shape index (κ1) is 34.8. The molecule has 2 aliphatic rings. The van der Waals surface area contributed by atoms with Crippen LogP contribution in [0.3, 0.4) is 0 Å². The lowest BCUT2D eigenvalue weighted by molar-refractivity contribution is -0.0338. The van der Waals surface area contributed by atoms with Gasteiger partial charge in [-0.25, -0.2) is 0 Å². The molecule has 1 spiro atoms. The number of anilines is 2. The first-order chi connectivity index (χ1) is 25.4. The quantitative estimate of drug-likeness (QED) is 0.157. The van der Waals surface area contributed by atoms with Gasteiger partial charge in [0.1, 0.15) is 23.3 Å². The van der Waals surface area contributed by atoms with E-state index in [0.29, 0.717) is 39.3 Å². The monoisotopic (exact) mass is 696 g/mol. The van der Waals surface area contributed by atoms with Crippen molar-refractivity contribution < 1.29 is 9.84 Å². The molecular formula is C40H44N10O2. The number of rotatable bonds is 14. The third-order valence-corrected chi connectivity index (χ3v) is 9.89. The number of nitrogens with one attached hydrogen (secondary N) is 1. The molecule has 266 valence electrons. The minimum absolute atomic E-state index is 0.329. The highest BCUT2D eigenvalue weighted by molar-refractivity contribution is 5.70. The molecule has 0 fully saturated rings. The zero-order chi connectivity index (χ0) is 36.2. The summed E-state index contributed by atoms with van der Waals surface area (Å²) in [6.45, 7) is 11.7. The van der Waals surface area contributed by atoms with Crippen molar-refractivity contribution in [3.8, 4) is 36.2 Å². The Kier molecular flexibility index (Phi) is 9.97. The van der Waals surface area contributed by atoms with Gasteiger partial charge >= 0.3 is 0 Å². The molecule has 12 nitrogen and oxygen atoms in total. The van der Waals surface area contributed by atoms with Crippen molar-refractivity contribution in [2.75, 3.05) is 42.9 Å². The van der Waals surface area contributed by atoms with Gasteiger partial charge < -0.3 is 20.1 Å². The van der Waals surface area contributed by atoms with Crippen molar-refractivity contribution in [1.82, 2.24) is 39.8 Å². The maximum Gasteiger partial charge on any atom is 0.135 e. The Balaban J connectivity index is 1.22. The van der Waals surface area contributed by atoms with Crippen LogP contribution in [0, 0.1) is 24.7 Å². The van der Waals surface area contributed by atoms with Gasteiger partial charge in [-0.3, -0.25) is 19.2 Å². The molecule has 2 atom stereocenters. The number of aryl methyl sites for hydroxylation is 2. The van der Waals surface area contributed by atoms with Crippen LogP contribution >= 0.6 is 0 Å². The van der Waals surface area contributed by atoms with E-state index in [4.69, 9.17) is 17.6 Å². The fraction of sp³-hybridized carbons (Fsp3) is 0.350. The third kappa shape index (κ3) is 6.26. The maximum absolute atomic E-state index is 12.2. The van der Waals surface area contributed by atoms with E-state index in [9.17, 15) is 5.11 Å². The van der Waals surface area contributed by atoms with Crippen molar-refractivity contribution in [2.24, 2.45) is 0 Å². The first-order valence-corrected chi connectivity index (χ1v) is 17.8. The predicted molar refractivity (Wildman–Crippen MR) is 200 cm³/mol. The third-order valence-electron chi connectivity index (χ3n) is 9.89. The summed E-state index contributed by atoms with van der Waals surface area (Å²) in [6, 6.07) is 20.9. The molecule has 0 radical (unpaired) electrons. The summed E-state index contributed by atoms with van der Waals surface area (Å²) in [5.74, 6) is 6.78. The van der Waals surface area contributed by atoms with Gasteiger partial charge in [-0.2, -0.15) is 0 Å². The van der Waals surface area contributed by atoms with Gasteiger partial charge in [0.25, 0.3) is 0 Å². The minimum Gasteiger partial charge on any atom is -0.456 e. The number of aromatic nitrogens is 6. The molecule has 5 aromatic rings. The van der Waals surface area contributed by atoms with Gasteiger partial charge in [-0.1, -0.05) is 58.7 Å². The van der Waals surface area contributed by atoms with Gasteiger partial charge in [-0.15, -0.1) is 23.0 Å². The fourth-order valence-corrected chi connectivity index (χ4v) is 7.60. The van der Waals surface area contributed by atoms with Crippen molar-refractivity contribution in [3.05, 3.63) is 107 Å². The molecular weight excluding hydrogens is 653 g/mol. The molecule has 7 rings (SSSR count). The highest BCUT2D eigenvalue weighted by Crippen LogP contribution is 2.60. The van der Waals surface area contributed by atoms with E-state index in [-0.39, 0.29) is 0 Å². The van der Waals surface area contributed by atoms with E-state index in [0.717, 1.165) is 76.1 Å². The van der Waals surface area contributed by atoms with Crippen LogP contribution in [0.25, 0.3) is 0 Å². The van der Waals surface area contributed by atoms with Crippen molar-refractivity contribution in [3.63, 3.8) is 0 Å². The number of aliphatic hydroxyl groups is 1. The van der Waals surface area contributed by atoms with Crippen LogP contribution in [-0.2, 0) is 31.7 Å². The summed E-state index contributed by atoms with van der Waals surface area (Å²) >= 11 is 0. The second kappa shape index (κ2) is 14.9. The lowest BCUT2D eigenvalue weighted by Crippen LogP contribution is -2.46. The number of aliphatic hydroxyl groups excluding tert-OH is 1. The van der Waals surface area contributed by atoms with E-state index in [1.807, 2.05) is 35.5 Å². The first-order valence-electron chi connectivity index (χ1n) is 17.8. The average Bonchev–Trinajstić information content (AvgIpc) is 3.86. The molecule has 2 unspecified atom stereocenters. The Morgan fingerprint density at radius 2 is 1.50 bits per heavy atom. The number of fused-ring (bicyclic) bond motifs is 6. The molecule has 2 aromatic heterocycles. The molecule has 12 heteroatoms. The SMILES string of the molecule is C#CCN(CC#C)Cc1cn(CCn2cc(CN3C(O)c4ccccc4C34c3ccc(NCC)cc3Oc3cc(N(CC)CC)ccc34)nn2)nn1. The molecule has 0 saturated heterocycles. The molecule has 2 N–H and O–H groups in total. The summed E-state index contributed by atoms with van der Waals surface area (Å²) in [5, 5.41) is 33.3. The largest absolute Gasteiger partial charge is 0.456 e. The van der Waals surface area contributed by atoms with E-state index < -0.39 is 11.8 Å². The molecule has 0 aliphatic carbocycles. The number of benzene rings is 3. The number of nitrogens with zero attached hydrogens (tertiary/aromatic N) is 9. The molecule has 0 amide bonds. The summed E-state index contributed by atoms with van der Waals surface area (Å²) in [4.78, 5) is 6.38. The average molecular weight is 697 g/mol. The van der Waals surface area contributed by atoms with Gasteiger partial charge in [0, 0.05) is 85.3 Å². The van der Waals surface area contributed by atoms with Gasteiger partial charge in [0.2, 0.25) is 0 Å². The van der Waals surface area contributed by atoms with Gasteiger partial charge in [-0.05, 0) is 38.5 Å².